The van der Waals surface area contributed by atoms with Crippen LogP contribution in [0.25, 0.3) is 0 Å². The summed E-state index contributed by atoms with van der Waals surface area (Å²) in [7, 11) is -2.26. The van der Waals surface area contributed by atoms with Crippen molar-refractivity contribution in [3.8, 4) is 0 Å². The minimum absolute atomic E-state index is 0.183. The minimum atomic E-state index is -3.68. The van der Waals surface area contributed by atoms with Crippen molar-refractivity contribution in [2.24, 2.45) is 0 Å². The maximum atomic E-state index is 12.6. The number of nitrogens with zero attached hydrogens (tertiary/aromatic N) is 2. The molecule has 0 atom stereocenters. The van der Waals surface area contributed by atoms with Crippen LogP contribution in [-0.4, -0.2) is 50.2 Å². The summed E-state index contributed by atoms with van der Waals surface area (Å²) in [6.07, 6.45) is 3.77. The molecule has 1 fully saturated rings. The third-order valence-corrected chi connectivity index (χ3v) is 7.07. The van der Waals surface area contributed by atoms with E-state index in [1.165, 1.54) is 44.0 Å². The SMILES string of the molecule is CN(CC(=O)NCc1ccccc1CN1CCCCC1)S(=O)(=O)c1ccccc1. The molecule has 0 spiro atoms. The predicted octanol–water partition coefficient (Wildman–Crippen LogP) is 2.61. The van der Waals surface area contributed by atoms with Crippen molar-refractivity contribution in [2.45, 2.75) is 37.2 Å². The van der Waals surface area contributed by atoms with Gasteiger partial charge < -0.3 is 5.32 Å². The average Bonchev–Trinajstić information content (AvgIpc) is 2.74. The number of likely N-dealkylation sites (N-methyl/N-ethyl adjacent to an activating group) is 1. The fraction of sp³-hybridized carbons (Fsp3) is 0.409. The van der Waals surface area contributed by atoms with Gasteiger partial charge in [-0.25, -0.2) is 8.42 Å². The first-order valence-corrected chi connectivity index (χ1v) is 11.5. The Bertz CT molecular complexity index is 910. The number of rotatable bonds is 8. The van der Waals surface area contributed by atoms with Gasteiger partial charge in [-0.1, -0.05) is 48.9 Å². The summed E-state index contributed by atoms with van der Waals surface area (Å²) >= 11 is 0. The van der Waals surface area contributed by atoms with E-state index < -0.39 is 10.0 Å². The van der Waals surface area contributed by atoms with Crippen molar-refractivity contribution in [1.82, 2.24) is 14.5 Å². The average molecular weight is 416 g/mol. The second-order valence-electron chi connectivity index (χ2n) is 7.46. The number of sulfonamides is 1. The van der Waals surface area contributed by atoms with Gasteiger partial charge in [0.15, 0.2) is 0 Å². The van der Waals surface area contributed by atoms with Gasteiger partial charge in [0.2, 0.25) is 15.9 Å². The normalized spacial score (nSPS) is 15.4. The molecule has 3 rings (SSSR count). The minimum Gasteiger partial charge on any atom is -0.351 e. The molecule has 1 aliphatic rings. The number of benzene rings is 2. The van der Waals surface area contributed by atoms with E-state index in [-0.39, 0.29) is 17.3 Å². The lowest BCUT2D eigenvalue weighted by molar-refractivity contribution is -0.121. The molecule has 0 bridgehead atoms. The lowest BCUT2D eigenvalue weighted by atomic mass is 10.0. The van der Waals surface area contributed by atoms with Gasteiger partial charge >= 0.3 is 0 Å². The summed E-state index contributed by atoms with van der Waals surface area (Å²) in [6.45, 7) is 3.29. The van der Waals surface area contributed by atoms with Crippen LogP contribution in [0.3, 0.4) is 0 Å². The first-order chi connectivity index (χ1) is 14.0. The molecule has 2 aromatic carbocycles. The Morgan fingerprint density at radius 2 is 1.59 bits per heavy atom. The van der Waals surface area contributed by atoms with Crippen LogP contribution < -0.4 is 5.32 Å². The summed E-state index contributed by atoms with van der Waals surface area (Å²) < 4.78 is 26.2. The van der Waals surface area contributed by atoms with Gasteiger partial charge in [-0.05, 0) is 49.2 Å². The third-order valence-electron chi connectivity index (χ3n) is 5.25. The fourth-order valence-electron chi connectivity index (χ4n) is 3.55. The molecule has 1 saturated heterocycles. The number of hydrogen-bond donors (Lipinski definition) is 1. The van der Waals surface area contributed by atoms with Gasteiger partial charge in [-0.3, -0.25) is 9.69 Å². The Balaban J connectivity index is 1.57. The smallest absolute Gasteiger partial charge is 0.243 e. The molecule has 1 heterocycles. The summed E-state index contributed by atoms with van der Waals surface area (Å²) in [6, 6.07) is 16.2. The Kier molecular flexibility index (Phi) is 7.41. The van der Waals surface area contributed by atoms with Crippen molar-refractivity contribution < 1.29 is 13.2 Å². The topological polar surface area (TPSA) is 69.7 Å². The second kappa shape index (κ2) is 10.0. The van der Waals surface area contributed by atoms with Gasteiger partial charge in [-0.2, -0.15) is 4.31 Å². The van der Waals surface area contributed by atoms with Crippen LogP contribution in [0.15, 0.2) is 59.5 Å². The van der Waals surface area contributed by atoms with Crippen LogP contribution in [0.4, 0.5) is 0 Å². The molecular formula is C22H29N3O3S. The second-order valence-corrected chi connectivity index (χ2v) is 9.50. The Morgan fingerprint density at radius 3 is 2.28 bits per heavy atom. The molecule has 29 heavy (non-hydrogen) atoms. The number of amides is 1. The number of carbonyl (C=O) groups is 1. The lowest BCUT2D eigenvalue weighted by Gasteiger charge is -2.27. The van der Waals surface area contributed by atoms with Crippen LogP contribution in [0.1, 0.15) is 30.4 Å². The Hall–Kier alpha value is -2.22. The van der Waals surface area contributed by atoms with E-state index in [4.69, 9.17) is 0 Å². The highest BCUT2D eigenvalue weighted by Gasteiger charge is 2.22. The maximum absolute atomic E-state index is 12.6. The molecule has 0 aliphatic carbocycles. The van der Waals surface area contributed by atoms with E-state index >= 15 is 0 Å². The van der Waals surface area contributed by atoms with E-state index in [1.807, 2.05) is 18.2 Å². The third kappa shape index (κ3) is 5.88. The molecule has 0 unspecified atom stereocenters. The molecule has 7 heteroatoms. The first kappa shape index (κ1) is 21.5. The molecule has 1 aliphatic heterocycles. The molecule has 0 saturated carbocycles. The summed E-state index contributed by atoms with van der Waals surface area (Å²) in [5.74, 6) is -0.320. The van der Waals surface area contributed by atoms with E-state index in [9.17, 15) is 13.2 Å². The number of likely N-dealkylation sites (tertiary alicyclic amines) is 1. The number of carbonyl (C=O) groups excluding carboxylic acids is 1. The van der Waals surface area contributed by atoms with Gasteiger partial charge in [0, 0.05) is 20.1 Å². The van der Waals surface area contributed by atoms with Crippen LogP contribution >= 0.6 is 0 Å². The largest absolute Gasteiger partial charge is 0.351 e. The van der Waals surface area contributed by atoms with Gasteiger partial charge in [-0.15, -0.1) is 0 Å². The molecule has 2 aromatic rings. The molecule has 1 N–H and O–H groups in total. The zero-order valence-electron chi connectivity index (χ0n) is 16.9. The van der Waals surface area contributed by atoms with Crippen molar-refractivity contribution in [3.05, 3.63) is 65.7 Å². The maximum Gasteiger partial charge on any atom is 0.243 e. The predicted molar refractivity (Wildman–Crippen MR) is 114 cm³/mol. The van der Waals surface area contributed by atoms with E-state index in [0.29, 0.717) is 6.54 Å². The van der Waals surface area contributed by atoms with E-state index in [2.05, 4.69) is 16.3 Å². The summed E-state index contributed by atoms with van der Waals surface area (Å²) in [5.41, 5.74) is 2.28. The van der Waals surface area contributed by atoms with Gasteiger partial charge in [0.25, 0.3) is 0 Å². The number of nitrogens with one attached hydrogen (secondary N) is 1. The molecule has 6 nitrogen and oxygen atoms in total. The molecule has 156 valence electrons. The zero-order chi connectivity index (χ0) is 20.7. The molecule has 0 radical (unpaired) electrons. The van der Waals surface area contributed by atoms with Gasteiger partial charge in [0.1, 0.15) is 0 Å². The molecule has 0 aromatic heterocycles. The van der Waals surface area contributed by atoms with Crippen molar-refractivity contribution in [2.75, 3.05) is 26.7 Å². The molecular weight excluding hydrogens is 386 g/mol. The number of piperidine rings is 1. The van der Waals surface area contributed by atoms with Crippen LogP contribution in [0.2, 0.25) is 0 Å². The van der Waals surface area contributed by atoms with Crippen molar-refractivity contribution in [1.29, 1.82) is 0 Å². The fourth-order valence-corrected chi connectivity index (χ4v) is 4.70. The monoisotopic (exact) mass is 415 g/mol. The van der Waals surface area contributed by atoms with Crippen LogP contribution in [0, 0.1) is 0 Å². The molecule has 1 amide bonds. The Labute approximate surface area is 173 Å². The first-order valence-electron chi connectivity index (χ1n) is 10.0. The zero-order valence-corrected chi connectivity index (χ0v) is 17.7. The van der Waals surface area contributed by atoms with Gasteiger partial charge in [0.05, 0.1) is 11.4 Å². The standard InChI is InChI=1S/C22H29N3O3S/c1-24(29(27,28)21-12-4-2-5-13-21)18-22(26)23-16-19-10-6-7-11-20(19)17-25-14-8-3-9-15-25/h2,4-7,10-13H,3,8-9,14-18H2,1H3,(H,23,26). The summed E-state index contributed by atoms with van der Waals surface area (Å²) in [5, 5.41) is 2.87. The van der Waals surface area contributed by atoms with Crippen molar-refractivity contribution >= 4 is 15.9 Å². The van der Waals surface area contributed by atoms with Crippen molar-refractivity contribution in [3.63, 3.8) is 0 Å². The van der Waals surface area contributed by atoms with Crippen LogP contribution in [0.5, 0.6) is 0 Å². The highest BCUT2D eigenvalue weighted by atomic mass is 32.2. The Morgan fingerprint density at radius 1 is 0.966 bits per heavy atom. The van der Waals surface area contributed by atoms with E-state index in [0.717, 1.165) is 29.5 Å². The number of hydrogen-bond acceptors (Lipinski definition) is 4. The highest BCUT2D eigenvalue weighted by Crippen LogP contribution is 2.16. The highest BCUT2D eigenvalue weighted by molar-refractivity contribution is 7.89. The van der Waals surface area contributed by atoms with Crippen LogP contribution in [-0.2, 0) is 27.9 Å². The summed E-state index contributed by atoms with van der Waals surface area (Å²) in [4.78, 5) is 15.0. The van der Waals surface area contributed by atoms with E-state index in [1.54, 1.807) is 18.2 Å². The lowest BCUT2D eigenvalue weighted by Crippen LogP contribution is -2.38. The quantitative estimate of drug-likeness (QED) is 0.720.